The maximum Gasteiger partial charge on any atom is 0.213 e. The summed E-state index contributed by atoms with van der Waals surface area (Å²) in [5.41, 5.74) is 0.895. The van der Waals surface area contributed by atoms with Gasteiger partial charge in [0, 0.05) is 28.7 Å². The van der Waals surface area contributed by atoms with E-state index in [4.69, 9.17) is 19.3 Å². The van der Waals surface area contributed by atoms with Crippen LogP contribution < -0.4 is 4.74 Å². The molecule has 1 aliphatic rings. The molecular formula is C14H20BrNO4. The van der Waals surface area contributed by atoms with E-state index in [2.05, 4.69) is 27.8 Å². The van der Waals surface area contributed by atoms with Gasteiger partial charge in [-0.1, -0.05) is 13.3 Å². The van der Waals surface area contributed by atoms with Gasteiger partial charge < -0.3 is 19.3 Å². The summed E-state index contributed by atoms with van der Waals surface area (Å²) >= 11 is 3.51. The third-order valence-electron chi connectivity index (χ3n) is 3.20. The van der Waals surface area contributed by atoms with Crippen LogP contribution >= 0.6 is 15.9 Å². The number of hydrogen-bond donors (Lipinski definition) is 1. The molecule has 1 aliphatic heterocycles. The van der Waals surface area contributed by atoms with Crippen molar-refractivity contribution in [3.8, 4) is 5.88 Å². The Kier molecular flexibility index (Phi) is 5.77. The highest BCUT2D eigenvalue weighted by Crippen LogP contribution is 2.40. The van der Waals surface area contributed by atoms with E-state index in [1.54, 1.807) is 6.20 Å². The fraction of sp³-hybridized carbons (Fsp3) is 0.643. The molecule has 20 heavy (non-hydrogen) atoms. The van der Waals surface area contributed by atoms with E-state index >= 15 is 0 Å². The number of hydrogen-bond acceptors (Lipinski definition) is 5. The average molecular weight is 346 g/mol. The molecule has 2 heterocycles. The van der Waals surface area contributed by atoms with E-state index in [1.165, 1.54) is 0 Å². The Bertz CT molecular complexity index is 435. The number of halogens is 1. The van der Waals surface area contributed by atoms with Gasteiger partial charge in [-0.25, -0.2) is 4.98 Å². The van der Waals surface area contributed by atoms with Gasteiger partial charge in [-0.3, -0.25) is 0 Å². The number of nitrogens with zero attached hydrogens (tertiary/aromatic N) is 1. The lowest BCUT2D eigenvalue weighted by atomic mass is 10.0. The molecule has 0 unspecified atom stereocenters. The number of pyridine rings is 1. The topological polar surface area (TPSA) is 60.8 Å². The van der Waals surface area contributed by atoms with E-state index in [0.717, 1.165) is 29.3 Å². The van der Waals surface area contributed by atoms with E-state index in [-0.39, 0.29) is 13.2 Å². The van der Waals surface area contributed by atoms with E-state index in [1.807, 2.05) is 6.07 Å². The predicted molar refractivity (Wildman–Crippen MR) is 77.6 cm³/mol. The summed E-state index contributed by atoms with van der Waals surface area (Å²) in [6, 6.07) is 1.82. The lowest BCUT2D eigenvalue weighted by molar-refractivity contribution is -0.172. The molecule has 2 rings (SSSR count). The van der Waals surface area contributed by atoms with Gasteiger partial charge in [0.25, 0.3) is 0 Å². The van der Waals surface area contributed by atoms with Crippen molar-refractivity contribution < 1.29 is 19.3 Å². The van der Waals surface area contributed by atoms with Crippen LogP contribution in [0.4, 0.5) is 0 Å². The van der Waals surface area contributed by atoms with Gasteiger partial charge in [0.05, 0.1) is 19.8 Å². The minimum absolute atomic E-state index is 0.0406. The zero-order valence-electron chi connectivity index (χ0n) is 11.6. The van der Waals surface area contributed by atoms with Crippen molar-refractivity contribution in [1.29, 1.82) is 0 Å². The SMILES string of the molecule is CCCCC1(c2cc(OCCO)ncc2Br)OCCO1. The third kappa shape index (κ3) is 3.49. The number of ether oxygens (including phenoxy) is 3. The zero-order valence-corrected chi connectivity index (χ0v) is 13.2. The number of aliphatic hydroxyl groups excluding tert-OH is 1. The van der Waals surface area contributed by atoms with Crippen LogP contribution in [0.2, 0.25) is 0 Å². The van der Waals surface area contributed by atoms with Crippen molar-refractivity contribution in [2.45, 2.75) is 32.0 Å². The molecular weight excluding hydrogens is 326 g/mol. The summed E-state index contributed by atoms with van der Waals surface area (Å²) in [5, 5.41) is 8.82. The Morgan fingerprint density at radius 3 is 2.85 bits per heavy atom. The molecule has 1 fully saturated rings. The highest BCUT2D eigenvalue weighted by atomic mass is 79.9. The molecule has 112 valence electrons. The lowest BCUT2D eigenvalue weighted by Crippen LogP contribution is -2.28. The first-order valence-corrected chi connectivity index (χ1v) is 7.69. The fourth-order valence-electron chi connectivity index (χ4n) is 2.24. The maximum absolute atomic E-state index is 8.82. The van der Waals surface area contributed by atoms with Crippen molar-refractivity contribution in [1.82, 2.24) is 4.98 Å². The van der Waals surface area contributed by atoms with Crippen LogP contribution in [0, 0.1) is 0 Å². The van der Waals surface area contributed by atoms with Gasteiger partial charge in [0.15, 0.2) is 5.79 Å². The van der Waals surface area contributed by atoms with Crippen LogP contribution in [0.1, 0.15) is 31.7 Å². The predicted octanol–water partition coefficient (Wildman–Crippen LogP) is 2.61. The number of rotatable bonds is 7. The highest BCUT2D eigenvalue weighted by molar-refractivity contribution is 9.10. The summed E-state index contributed by atoms with van der Waals surface area (Å²) in [6.07, 6.45) is 4.57. The summed E-state index contributed by atoms with van der Waals surface area (Å²) in [4.78, 5) is 4.17. The van der Waals surface area contributed by atoms with Crippen LogP contribution in [0.5, 0.6) is 5.88 Å². The average Bonchev–Trinajstić information content (AvgIpc) is 2.94. The van der Waals surface area contributed by atoms with E-state index in [9.17, 15) is 0 Å². The van der Waals surface area contributed by atoms with Crippen molar-refractivity contribution in [3.05, 3.63) is 22.3 Å². The zero-order chi connectivity index (χ0) is 14.4. The highest BCUT2D eigenvalue weighted by Gasteiger charge is 2.39. The quantitative estimate of drug-likeness (QED) is 0.822. The monoisotopic (exact) mass is 345 g/mol. The third-order valence-corrected chi connectivity index (χ3v) is 3.83. The molecule has 0 atom stereocenters. The lowest BCUT2D eigenvalue weighted by Gasteiger charge is -2.29. The van der Waals surface area contributed by atoms with E-state index < -0.39 is 5.79 Å². The van der Waals surface area contributed by atoms with Crippen molar-refractivity contribution in [2.75, 3.05) is 26.4 Å². The molecule has 5 nitrogen and oxygen atoms in total. The smallest absolute Gasteiger partial charge is 0.213 e. The minimum Gasteiger partial charge on any atom is -0.475 e. The van der Waals surface area contributed by atoms with Crippen LogP contribution in [0.15, 0.2) is 16.7 Å². The molecule has 1 aromatic rings. The molecule has 0 bridgehead atoms. The van der Waals surface area contributed by atoms with Crippen LogP contribution in [-0.4, -0.2) is 36.5 Å². The summed E-state index contributed by atoms with van der Waals surface area (Å²) in [7, 11) is 0. The van der Waals surface area contributed by atoms with Crippen molar-refractivity contribution >= 4 is 15.9 Å². The molecule has 1 saturated heterocycles. The minimum atomic E-state index is -0.713. The van der Waals surface area contributed by atoms with Gasteiger partial charge in [0.2, 0.25) is 5.88 Å². The summed E-state index contributed by atoms with van der Waals surface area (Å²) in [5.74, 6) is -0.248. The number of aromatic nitrogens is 1. The van der Waals surface area contributed by atoms with Gasteiger partial charge in [-0.05, 0) is 22.4 Å². The van der Waals surface area contributed by atoms with Gasteiger partial charge in [-0.15, -0.1) is 0 Å². The van der Waals surface area contributed by atoms with Crippen LogP contribution in [-0.2, 0) is 15.3 Å². The van der Waals surface area contributed by atoms with Crippen LogP contribution in [0.3, 0.4) is 0 Å². The molecule has 6 heteroatoms. The molecule has 0 aliphatic carbocycles. The number of aliphatic hydroxyl groups is 1. The summed E-state index contributed by atoms with van der Waals surface area (Å²) in [6.45, 7) is 3.50. The molecule has 0 aromatic carbocycles. The Labute approximate surface area is 127 Å². The van der Waals surface area contributed by atoms with Crippen molar-refractivity contribution in [2.24, 2.45) is 0 Å². The first kappa shape index (κ1) is 15.7. The Morgan fingerprint density at radius 1 is 1.45 bits per heavy atom. The van der Waals surface area contributed by atoms with Gasteiger partial charge >= 0.3 is 0 Å². The second kappa shape index (κ2) is 7.36. The first-order chi connectivity index (χ1) is 9.72. The molecule has 0 amide bonds. The first-order valence-electron chi connectivity index (χ1n) is 6.89. The summed E-state index contributed by atoms with van der Waals surface area (Å²) < 4.78 is 18.0. The Balaban J connectivity index is 2.27. The normalized spacial score (nSPS) is 17.4. The standard InChI is InChI=1S/C14H20BrNO4/c1-2-3-4-14(19-7-8-20-14)11-9-13(18-6-5-17)16-10-12(11)15/h9-10,17H,2-8H2,1H3. The molecule has 1 aromatic heterocycles. The molecule has 0 radical (unpaired) electrons. The molecule has 0 saturated carbocycles. The number of unbranched alkanes of at least 4 members (excludes halogenated alkanes) is 1. The second-order valence-corrected chi connectivity index (χ2v) is 5.48. The Hall–Kier alpha value is -0.690. The van der Waals surface area contributed by atoms with E-state index in [0.29, 0.717) is 19.1 Å². The van der Waals surface area contributed by atoms with Crippen LogP contribution in [0.25, 0.3) is 0 Å². The maximum atomic E-state index is 8.82. The fourth-order valence-corrected chi connectivity index (χ4v) is 2.76. The Morgan fingerprint density at radius 2 is 2.20 bits per heavy atom. The molecule has 1 N–H and O–H groups in total. The van der Waals surface area contributed by atoms with Gasteiger partial charge in [-0.2, -0.15) is 0 Å². The van der Waals surface area contributed by atoms with Crippen molar-refractivity contribution in [3.63, 3.8) is 0 Å². The second-order valence-electron chi connectivity index (χ2n) is 4.63. The molecule has 0 spiro atoms. The largest absolute Gasteiger partial charge is 0.475 e. The van der Waals surface area contributed by atoms with Gasteiger partial charge in [0.1, 0.15) is 6.61 Å².